The third kappa shape index (κ3) is 2.70. The molecular formula is C17H22N4OS. The van der Waals surface area contributed by atoms with E-state index in [-0.39, 0.29) is 11.8 Å². The molecule has 6 heteroatoms. The minimum Gasteiger partial charge on any atom is -0.342 e. The van der Waals surface area contributed by atoms with E-state index in [0.717, 1.165) is 50.5 Å². The summed E-state index contributed by atoms with van der Waals surface area (Å²) in [6, 6.07) is 4.36. The smallest absolute Gasteiger partial charge is 0.233 e. The molecule has 2 aromatic heterocycles. The zero-order valence-corrected chi connectivity index (χ0v) is 14.5. The van der Waals surface area contributed by atoms with Gasteiger partial charge in [-0.25, -0.2) is 4.98 Å². The highest BCUT2D eigenvalue weighted by molar-refractivity contribution is 7.11. The summed E-state index contributed by atoms with van der Waals surface area (Å²) in [5, 5.41) is 0. The molecule has 0 saturated carbocycles. The SMILES string of the molecule is Cc1ccc(CN2Cc3ncn(C)c3[C@@H](C(=O)N3CCC3)C2)s1. The largest absolute Gasteiger partial charge is 0.342 e. The number of imidazole rings is 1. The number of thiophene rings is 1. The van der Waals surface area contributed by atoms with Gasteiger partial charge in [0.05, 0.1) is 23.6 Å². The van der Waals surface area contributed by atoms with Crippen LogP contribution in [0.15, 0.2) is 18.5 Å². The van der Waals surface area contributed by atoms with Crippen LogP contribution in [0.1, 0.15) is 33.5 Å². The van der Waals surface area contributed by atoms with Gasteiger partial charge in [-0.1, -0.05) is 0 Å². The Hall–Kier alpha value is -1.66. The molecule has 1 atom stereocenters. The van der Waals surface area contributed by atoms with E-state index >= 15 is 0 Å². The van der Waals surface area contributed by atoms with Gasteiger partial charge in [-0.15, -0.1) is 11.3 Å². The topological polar surface area (TPSA) is 41.4 Å². The van der Waals surface area contributed by atoms with Crippen molar-refractivity contribution in [3.05, 3.63) is 39.6 Å². The lowest BCUT2D eigenvalue weighted by molar-refractivity contribution is -0.137. The first-order valence-corrected chi connectivity index (χ1v) is 9.00. The normalized spacial score (nSPS) is 21.1. The minimum absolute atomic E-state index is 0.0763. The number of hydrogen-bond donors (Lipinski definition) is 0. The first kappa shape index (κ1) is 14.9. The summed E-state index contributed by atoms with van der Waals surface area (Å²) in [4.78, 5) is 24.4. The van der Waals surface area contributed by atoms with E-state index in [0.29, 0.717) is 0 Å². The standard InChI is InChI=1S/C17H22N4OS/c1-12-4-5-13(23-12)8-20-9-14(17(22)21-6-3-7-21)16-15(10-20)18-11-19(16)2/h4-5,11,14H,3,6-10H2,1-2H3/t14-/m0/s1. The third-order valence-corrected chi connectivity index (χ3v) is 5.83. The van der Waals surface area contributed by atoms with Crippen molar-refractivity contribution < 1.29 is 4.79 Å². The Balaban J connectivity index is 1.59. The fourth-order valence-electron chi connectivity index (χ4n) is 3.54. The number of fused-ring (bicyclic) bond motifs is 1. The fraction of sp³-hybridized carbons (Fsp3) is 0.529. The lowest BCUT2D eigenvalue weighted by Gasteiger charge is -2.38. The highest BCUT2D eigenvalue weighted by Gasteiger charge is 2.37. The van der Waals surface area contributed by atoms with Crippen molar-refractivity contribution in [2.45, 2.75) is 32.4 Å². The van der Waals surface area contributed by atoms with E-state index in [9.17, 15) is 4.79 Å². The Kier molecular flexibility index (Phi) is 3.73. The minimum atomic E-state index is -0.0763. The van der Waals surface area contributed by atoms with E-state index < -0.39 is 0 Å². The first-order chi connectivity index (χ1) is 11.1. The summed E-state index contributed by atoms with van der Waals surface area (Å²) in [5.74, 6) is 0.195. The average molecular weight is 330 g/mol. The summed E-state index contributed by atoms with van der Waals surface area (Å²) in [6.45, 7) is 6.48. The number of rotatable bonds is 3. The molecule has 1 saturated heterocycles. The van der Waals surface area contributed by atoms with Gasteiger partial charge in [0, 0.05) is 49.5 Å². The Morgan fingerprint density at radius 1 is 1.39 bits per heavy atom. The van der Waals surface area contributed by atoms with Crippen LogP contribution in [-0.4, -0.2) is 44.9 Å². The molecule has 0 radical (unpaired) electrons. The maximum absolute atomic E-state index is 12.9. The molecule has 0 bridgehead atoms. The van der Waals surface area contributed by atoms with Gasteiger partial charge in [0.1, 0.15) is 0 Å². The van der Waals surface area contributed by atoms with Crippen LogP contribution in [0.5, 0.6) is 0 Å². The summed E-state index contributed by atoms with van der Waals surface area (Å²) in [5.41, 5.74) is 2.17. The molecule has 2 aliphatic rings. The Morgan fingerprint density at radius 2 is 2.22 bits per heavy atom. The summed E-state index contributed by atoms with van der Waals surface area (Å²) >= 11 is 1.84. The molecule has 0 N–H and O–H groups in total. The van der Waals surface area contributed by atoms with Crippen LogP contribution in [0.3, 0.4) is 0 Å². The van der Waals surface area contributed by atoms with Crippen molar-refractivity contribution in [3.8, 4) is 0 Å². The van der Waals surface area contributed by atoms with Crippen LogP contribution in [0.4, 0.5) is 0 Å². The molecule has 0 aliphatic carbocycles. The molecule has 0 aromatic carbocycles. The van der Waals surface area contributed by atoms with E-state index in [2.05, 4.69) is 28.9 Å². The molecule has 23 heavy (non-hydrogen) atoms. The Labute approximate surface area is 140 Å². The van der Waals surface area contributed by atoms with Gasteiger partial charge in [-0.05, 0) is 25.5 Å². The van der Waals surface area contributed by atoms with Crippen molar-refractivity contribution in [2.75, 3.05) is 19.6 Å². The second kappa shape index (κ2) is 5.76. The van der Waals surface area contributed by atoms with Gasteiger partial charge in [0.15, 0.2) is 0 Å². The molecule has 0 unspecified atom stereocenters. The van der Waals surface area contributed by atoms with Crippen LogP contribution in [0.25, 0.3) is 0 Å². The summed E-state index contributed by atoms with van der Waals surface area (Å²) in [6.07, 6.45) is 2.98. The highest BCUT2D eigenvalue weighted by atomic mass is 32.1. The predicted octanol–water partition coefficient (Wildman–Crippen LogP) is 2.12. The molecule has 5 nitrogen and oxygen atoms in total. The zero-order valence-electron chi connectivity index (χ0n) is 13.7. The van der Waals surface area contributed by atoms with Crippen LogP contribution in [0, 0.1) is 6.92 Å². The molecule has 1 fully saturated rings. The van der Waals surface area contributed by atoms with Gasteiger partial charge in [0.25, 0.3) is 0 Å². The second-order valence-corrected chi connectivity index (χ2v) is 7.97. The number of hydrogen-bond acceptors (Lipinski definition) is 4. The van der Waals surface area contributed by atoms with Gasteiger partial charge in [0.2, 0.25) is 5.91 Å². The van der Waals surface area contributed by atoms with Gasteiger partial charge < -0.3 is 9.47 Å². The molecule has 1 amide bonds. The first-order valence-electron chi connectivity index (χ1n) is 8.18. The zero-order chi connectivity index (χ0) is 16.0. The van der Waals surface area contributed by atoms with Crippen molar-refractivity contribution >= 4 is 17.2 Å². The fourth-order valence-corrected chi connectivity index (χ4v) is 4.47. The van der Waals surface area contributed by atoms with E-state index in [1.165, 1.54) is 9.75 Å². The lowest BCUT2D eigenvalue weighted by atomic mass is 9.95. The van der Waals surface area contributed by atoms with Crippen LogP contribution in [0.2, 0.25) is 0 Å². The number of aromatic nitrogens is 2. The molecule has 2 aliphatic heterocycles. The Bertz CT molecular complexity index is 731. The molecule has 2 aromatic rings. The van der Waals surface area contributed by atoms with E-state index in [4.69, 9.17) is 0 Å². The van der Waals surface area contributed by atoms with Crippen LogP contribution in [-0.2, 0) is 24.9 Å². The van der Waals surface area contributed by atoms with Gasteiger partial charge >= 0.3 is 0 Å². The molecule has 0 spiro atoms. The maximum Gasteiger partial charge on any atom is 0.233 e. The monoisotopic (exact) mass is 330 g/mol. The Morgan fingerprint density at radius 3 is 2.87 bits per heavy atom. The number of carbonyl (C=O) groups is 1. The number of aryl methyl sites for hydroxylation is 2. The highest BCUT2D eigenvalue weighted by Crippen LogP contribution is 2.31. The summed E-state index contributed by atoms with van der Waals surface area (Å²) in [7, 11) is 2.00. The molecule has 4 heterocycles. The molecular weight excluding hydrogens is 308 g/mol. The van der Waals surface area contributed by atoms with Gasteiger partial charge in [-0.2, -0.15) is 0 Å². The van der Waals surface area contributed by atoms with Crippen molar-refractivity contribution in [2.24, 2.45) is 7.05 Å². The third-order valence-electron chi connectivity index (χ3n) is 4.85. The summed E-state index contributed by atoms with van der Waals surface area (Å²) < 4.78 is 2.03. The average Bonchev–Trinajstić information content (AvgIpc) is 3.03. The van der Waals surface area contributed by atoms with Crippen LogP contribution < -0.4 is 0 Å². The quantitative estimate of drug-likeness (QED) is 0.866. The van der Waals surface area contributed by atoms with E-state index in [1.807, 2.05) is 34.2 Å². The van der Waals surface area contributed by atoms with Crippen LogP contribution >= 0.6 is 11.3 Å². The molecule has 4 rings (SSSR count). The van der Waals surface area contributed by atoms with Gasteiger partial charge in [-0.3, -0.25) is 9.69 Å². The predicted molar refractivity (Wildman–Crippen MR) is 90.3 cm³/mol. The second-order valence-electron chi connectivity index (χ2n) is 6.60. The number of amides is 1. The van der Waals surface area contributed by atoms with Crippen molar-refractivity contribution in [1.29, 1.82) is 0 Å². The molecule has 122 valence electrons. The maximum atomic E-state index is 12.9. The van der Waals surface area contributed by atoms with Crippen molar-refractivity contribution in [3.63, 3.8) is 0 Å². The van der Waals surface area contributed by atoms with E-state index in [1.54, 1.807) is 0 Å². The van der Waals surface area contributed by atoms with Crippen molar-refractivity contribution in [1.82, 2.24) is 19.4 Å². The number of likely N-dealkylation sites (tertiary alicyclic amines) is 1. The number of nitrogens with zero attached hydrogens (tertiary/aromatic N) is 4. The number of carbonyl (C=O) groups excluding carboxylic acids is 1. The lowest BCUT2D eigenvalue weighted by Crippen LogP contribution is -2.48.